The molecule has 0 saturated carbocycles. The van der Waals surface area contributed by atoms with Crippen LogP contribution in [0, 0.1) is 19.8 Å². The van der Waals surface area contributed by atoms with E-state index in [0.29, 0.717) is 30.8 Å². The molecule has 9 nitrogen and oxygen atoms in total. The van der Waals surface area contributed by atoms with Gasteiger partial charge >= 0.3 is 0 Å². The quantitative estimate of drug-likeness (QED) is 0.823. The minimum absolute atomic E-state index is 0.170. The second-order valence-electron chi connectivity index (χ2n) is 6.87. The number of aromatic nitrogens is 4. The largest absolute Gasteiger partial charge is 0.323 e. The van der Waals surface area contributed by atoms with Crippen LogP contribution in [-0.4, -0.2) is 51.3 Å². The van der Waals surface area contributed by atoms with Gasteiger partial charge in [0.25, 0.3) is 0 Å². The molecule has 1 amide bonds. The van der Waals surface area contributed by atoms with E-state index in [1.807, 2.05) is 13.8 Å². The molecule has 0 unspecified atom stereocenters. The van der Waals surface area contributed by atoms with Gasteiger partial charge in [0.1, 0.15) is 4.90 Å². The Morgan fingerprint density at radius 3 is 2.59 bits per heavy atom. The lowest BCUT2D eigenvalue weighted by Gasteiger charge is -2.31. The van der Waals surface area contributed by atoms with Crippen molar-refractivity contribution in [1.82, 2.24) is 23.9 Å². The average Bonchev–Trinajstić information content (AvgIpc) is 3.18. The van der Waals surface area contributed by atoms with Crippen LogP contribution in [0.25, 0.3) is 0 Å². The van der Waals surface area contributed by atoms with Gasteiger partial charge in [-0.2, -0.15) is 14.5 Å². The van der Waals surface area contributed by atoms with Gasteiger partial charge in [-0.1, -0.05) is 0 Å². The van der Waals surface area contributed by atoms with Crippen molar-refractivity contribution in [3.63, 3.8) is 0 Å². The number of aryl methyl sites for hydroxylation is 2. The van der Waals surface area contributed by atoms with Gasteiger partial charge in [-0.25, -0.2) is 8.42 Å². The number of rotatable bonds is 5. The molecule has 0 aromatic carbocycles. The molecule has 3 rings (SSSR count). The molecule has 1 N–H and O–H groups in total. The predicted molar refractivity (Wildman–Crippen MR) is 101 cm³/mol. The van der Waals surface area contributed by atoms with Crippen LogP contribution in [0.5, 0.6) is 0 Å². The van der Waals surface area contributed by atoms with E-state index in [-0.39, 0.29) is 17.3 Å². The molecule has 2 aromatic rings. The third-order valence-electron chi connectivity index (χ3n) is 5.22. The summed E-state index contributed by atoms with van der Waals surface area (Å²) >= 11 is 0. The first-order chi connectivity index (χ1) is 12.8. The summed E-state index contributed by atoms with van der Waals surface area (Å²) in [4.78, 5) is 12.9. The minimum atomic E-state index is -3.67. The van der Waals surface area contributed by atoms with Crippen LogP contribution in [0.4, 0.5) is 5.69 Å². The Kier molecular flexibility index (Phi) is 5.38. The molecule has 148 valence electrons. The average molecular weight is 395 g/mol. The van der Waals surface area contributed by atoms with Crippen molar-refractivity contribution < 1.29 is 13.2 Å². The highest BCUT2D eigenvalue weighted by molar-refractivity contribution is 7.89. The number of nitrogens with zero attached hydrogens (tertiary/aromatic N) is 5. The van der Waals surface area contributed by atoms with E-state index in [0.717, 1.165) is 12.2 Å². The highest BCUT2D eigenvalue weighted by Gasteiger charge is 2.35. The summed E-state index contributed by atoms with van der Waals surface area (Å²) in [6.45, 7) is 6.91. The highest BCUT2D eigenvalue weighted by Crippen LogP contribution is 2.26. The van der Waals surface area contributed by atoms with Crippen molar-refractivity contribution in [2.75, 3.05) is 18.4 Å². The van der Waals surface area contributed by atoms with Gasteiger partial charge in [0, 0.05) is 26.7 Å². The minimum Gasteiger partial charge on any atom is -0.323 e. The molecule has 1 saturated heterocycles. The van der Waals surface area contributed by atoms with E-state index >= 15 is 0 Å². The van der Waals surface area contributed by atoms with Crippen molar-refractivity contribution in [2.24, 2.45) is 13.0 Å². The Morgan fingerprint density at radius 2 is 2.00 bits per heavy atom. The first-order valence-corrected chi connectivity index (χ1v) is 10.5. The van der Waals surface area contributed by atoms with Gasteiger partial charge in [0.2, 0.25) is 15.9 Å². The summed E-state index contributed by atoms with van der Waals surface area (Å²) in [6.07, 6.45) is 4.30. The van der Waals surface area contributed by atoms with Gasteiger partial charge in [-0.15, -0.1) is 0 Å². The zero-order valence-electron chi connectivity index (χ0n) is 16.1. The summed E-state index contributed by atoms with van der Waals surface area (Å²) in [6, 6.07) is 0. The molecule has 0 aliphatic carbocycles. The topological polar surface area (TPSA) is 102 Å². The van der Waals surface area contributed by atoms with Crippen LogP contribution in [0.1, 0.15) is 31.2 Å². The first-order valence-electron chi connectivity index (χ1n) is 9.07. The van der Waals surface area contributed by atoms with E-state index in [4.69, 9.17) is 0 Å². The third-order valence-corrected chi connectivity index (χ3v) is 7.19. The van der Waals surface area contributed by atoms with E-state index in [1.165, 1.54) is 15.2 Å². The maximum absolute atomic E-state index is 13.0. The number of hydrogen-bond donors (Lipinski definition) is 1. The van der Waals surface area contributed by atoms with Gasteiger partial charge in [0.15, 0.2) is 0 Å². The van der Waals surface area contributed by atoms with Gasteiger partial charge < -0.3 is 5.32 Å². The lowest BCUT2D eigenvalue weighted by molar-refractivity contribution is -0.120. The molecule has 10 heteroatoms. The number of amides is 1. The SMILES string of the molecule is CCn1ncc(NC(=O)[C@@H]2CCCN(S(=O)(=O)c3cnn(C)c3C)C2)c1C. The third kappa shape index (κ3) is 3.63. The van der Waals surface area contributed by atoms with Gasteiger partial charge in [0.05, 0.1) is 35.4 Å². The molecule has 1 aliphatic rings. The lowest BCUT2D eigenvalue weighted by Crippen LogP contribution is -2.43. The molecule has 3 heterocycles. The number of carbonyl (C=O) groups excluding carboxylic acids is 1. The number of anilines is 1. The molecule has 27 heavy (non-hydrogen) atoms. The van der Waals surface area contributed by atoms with Crippen LogP contribution >= 0.6 is 0 Å². The van der Waals surface area contributed by atoms with E-state index in [1.54, 1.807) is 24.9 Å². The Labute approximate surface area is 159 Å². The molecule has 1 fully saturated rings. The fourth-order valence-electron chi connectivity index (χ4n) is 3.37. The molecule has 0 spiro atoms. The number of piperidine rings is 1. The Hall–Kier alpha value is -2.20. The Balaban J connectivity index is 1.74. The lowest BCUT2D eigenvalue weighted by atomic mass is 9.99. The zero-order chi connectivity index (χ0) is 19.8. The molecule has 2 aromatic heterocycles. The fraction of sp³-hybridized carbons (Fsp3) is 0.588. The van der Waals surface area contributed by atoms with Crippen molar-refractivity contribution in [3.8, 4) is 0 Å². The van der Waals surface area contributed by atoms with Gasteiger partial charge in [-0.3, -0.25) is 14.2 Å². The van der Waals surface area contributed by atoms with Crippen LogP contribution < -0.4 is 5.32 Å². The Bertz CT molecular complexity index is 946. The van der Waals surface area contributed by atoms with Crippen LogP contribution in [0.15, 0.2) is 17.3 Å². The Morgan fingerprint density at radius 1 is 1.26 bits per heavy atom. The molecular formula is C17H26N6O3S. The number of hydrogen-bond acceptors (Lipinski definition) is 5. The second kappa shape index (κ2) is 7.43. The number of nitrogens with one attached hydrogen (secondary N) is 1. The highest BCUT2D eigenvalue weighted by atomic mass is 32.2. The molecule has 1 atom stereocenters. The molecule has 0 radical (unpaired) electrons. The molecule has 0 bridgehead atoms. The number of carbonyl (C=O) groups is 1. The predicted octanol–water partition coefficient (Wildman–Crippen LogP) is 1.29. The van der Waals surface area contributed by atoms with Gasteiger partial charge in [-0.05, 0) is 33.6 Å². The monoisotopic (exact) mass is 394 g/mol. The number of sulfonamides is 1. The van der Waals surface area contributed by atoms with Crippen molar-refractivity contribution in [2.45, 2.75) is 45.1 Å². The van der Waals surface area contributed by atoms with Crippen LogP contribution in [0.2, 0.25) is 0 Å². The maximum atomic E-state index is 13.0. The summed E-state index contributed by atoms with van der Waals surface area (Å²) in [5.41, 5.74) is 2.14. The second-order valence-corrected chi connectivity index (χ2v) is 8.78. The van der Waals surface area contributed by atoms with E-state index in [9.17, 15) is 13.2 Å². The zero-order valence-corrected chi connectivity index (χ0v) is 17.0. The fourth-order valence-corrected chi connectivity index (χ4v) is 5.08. The standard InChI is InChI=1S/C17H26N6O3S/c1-5-23-12(2)15(9-19-23)20-17(24)14-7-6-8-22(11-14)27(25,26)16-10-18-21(4)13(16)3/h9-10,14H,5-8,11H2,1-4H3,(H,20,24)/t14-/m1/s1. The molecule has 1 aliphatic heterocycles. The van der Waals surface area contributed by atoms with Crippen LogP contribution in [-0.2, 0) is 28.4 Å². The normalized spacial score (nSPS) is 18.6. The summed E-state index contributed by atoms with van der Waals surface area (Å²) in [7, 11) is -1.96. The van der Waals surface area contributed by atoms with E-state index in [2.05, 4.69) is 15.5 Å². The van der Waals surface area contributed by atoms with Crippen molar-refractivity contribution in [1.29, 1.82) is 0 Å². The van der Waals surface area contributed by atoms with Crippen LogP contribution in [0.3, 0.4) is 0 Å². The maximum Gasteiger partial charge on any atom is 0.246 e. The first kappa shape index (κ1) is 19.6. The van der Waals surface area contributed by atoms with Crippen molar-refractivity contribution >= 4 is 21.6 Å². The van der Waals surface area contributed by atoms with E-state index < -0.39 is 15.9 Å². The molecular weight excluding hydrogens is 368 g/mol. The van der Waals surface area contributed by atoms with Crippen molar-refractivity contribution in [3.05, 3.63) is 23.8 Å². The summed E-state index contributed by atoms with van der Waals surface area (Å²) < 4.78 is 30.7. The smallest absolute Gasteiger partial charge is 0.246 e. The summed E-state index contributed by atoms with van der Waals surface area (Å²) in [5, 5.41) is 11.2. The summed E-state index contributed by atoms with van der Waals surface area (Å²) in [5.74, 6) is -0.563.